The van der Waals surface area contributed by atoms with E-state index in [1.54, 1.807) is 4.90 Å². The first kappa shape index (κ1) is 16.8. The van der Waals surface area contributed by atoms with Crippen LogP contribution in [0.25, 0.3) is 21.9 Å². The van der Waals surface area contributed by atoms with Gasteiger partial charge in [-0.25, -0.2) is 4.79 Å². The van der Waals surface area contributed by atoms with E-state index in [1.165, 1.54) is 0 Å². The molecule has 0 bridgehead atoms. The molecular formula is C21H20N4O3. The summed E-state index contributed by atoms with van der Waals surface area (Å²) >= 11 is 0. The third kappa shape index (κ3) is 3.20. The number of fused-ring (bicyclic) bond motifs is 2. The van der Waals surface area contributed by atoms with Crippen LogP contribution < -0.4 is 5.32 Å². The van der Waals surface area contributed by atoms with Crippen LogP contribution in [0, 0.1) is 0 Å². The molecule has 5 rings (SSSR count). The summed E-state index contributed by atoms with van der Waals surface area (Å²) < 4.78 is 11.1. The fraction of sp³-hybridized carbons (Fsp3) is 0.238. The molecule has 3 heterocycles. The highest BCUT2D eigenvalue weighted by Crippen LogP contribution is 2.23. The Hall–Kier alpha value is -3.32. The van der Waals surface area contributed by atoms with Gasteiger partial charge in [0.05, 0.1) is 11.9 Å². The highest BCUT2D eigenvalue weighted by Gasteiger charge is 2.23. The van der Waals surface area contributed by atoms with E-state index in [-0.39, 0.29) is 6.03 Å². The summed E-state index contributed by atoms with van der Waals surface area (Å²) in [5.41, 5.74) is 1.57. The van der Waals surface area contributed by atoms with Crippen LogP contribution in [0.1, 0.15) is 5.76 Å². The number of aromatic nitrogens is 1. The van der Waals surface area contributed by atoms with E-state index in [0.29, 0.717) is 24.5 Å². The van der Waals surface area contributed by atoms with Gasteiger partial charge in [-0.3, -0.25) is 10.2 Å². The molecule has 7 nitrogen and oxygen atoms in total. The zero-order valence-electron chi connectivity index (χ0n) is 15.3. The molecular weight excluding hydrogens is 356 g/mol. The van der Waals surface area contributed by atoms with Gasteiger partial charge in [-0.1, -0.05) is 35.5 Å². The first-order valence-electron chi connectivity index (χ1n) is 9.36. The fourth-order valence-electron chi connectivity index (χ4n) is 3.60. The molecule has 1 aliphatic heterocycles. The van der Waals surface area contributed by atoms with Gasteiger partial charge in [-0.2, -0.15) is 0 Å². The van der Waals surface area contributed by atoms with E-state index < -0.39 is 0 Å². The van der Waals surface area contributed by atoms with Gasteiger partial charge in [0.2, 0.25) is 0 Å². The average molecular weight is 376 g/mol. The first-order chi connectivity index (χ1) is 13.8. The number of nitrogens with one attached hydrogen (secondary N) is 1. The van der Waals surface area contributed by atoms with Crippen molar-refractivity contribution in [2.75, 3.05) is 31.5 Å². The number of amides is 2. The predicted octanol–water partition coefficient (Wildman–Crippen LogP) is 3.92. The molecule has 1 saturated heterocycles. The standard InChI is InChI=1S/C21H20N4O3/c26-21(22-20-17-6-2-4-8-19(17)28-23-20)25-11-9-24(10-12-25)14-16-13-15-5-1-3-7-18(15)27-16/h1-8,13H,9-12,14H2,(H,22,23,26). The fourth-order valence-corrected chi connectivity index (χ4v) is 3.60. The van der Waals surface area contributed by atoms with Gasteiger partial charge in [-0.05, 0) is 24.3 Å². The summed E-state index contributed by atoms with van der Waals surface area (Å²) in [6, 6.07) is 17.4. The summed E-state index contributed by atoms with van der Waals surface area (Å²) in [7, 11) is 0. The summed E-state index contributed by atoms with van der Waals surface area (Å²) in [5.74, 6) is 1.42. The molecule has 1 fully saturated rings. The molecule has 0 atom stereocenters. The lowest BCUT2D eigenvalue weighted by Crippen LogP contribution is -2.49. The number of benzene rings is 2. The molecule has 7 heteroatoms. The highest BCUT2D eigenvalue weighted by atomic mass is 16.5. The summed E-state index contributed by atoms with van der Waals surface area (Å²) in [6.07, 6.45) is 0. The molecule has 28 heavy (non-hydrogen) atoms. The topological polar surface area (TPSA) is 74.8 Å². The minimum atomic E-state index is -0.151. The molecule has 0 saturated carbocycles. The third-order valence-electron chi connectivity index (χ3n) is 5.12. The van der Waals surface area contributed by atoms with Gasteiger partial charge in [0.25, 0.3) is 0 Å². The normalized spacial score (nSPS) is 15.4. The van der Waals surface area contributed by atoms with Crippen molar-refractivity contribution < 1.29 is 13.7 Å². The number of piperazine rings is 1. The van der Waals surface area contributed by atoms with Crippen LogP contribution in [0.3, 0.4) is 0 Å². The maximum absolute atomic E-state index is 12.6. The number of furan rings is 1. The number of para-hydroxylation sites is 2. The second kappa shape index (κ2) is 7.01. The van der Waals surface area contributed by atoms with Crippen LogP contribution in [0.15, 0.2) is 63.5 Å². The molecule has 1 N–H and O–H groups in total. The predicted molar refractivity (Wildman–Crippen MR) is 106 cm³/mol. The number of anilines is 1. The van der Waals surface area contributed by atoms with E-state index in [2.05, 4.69) is 27.5 Å². The summed E-state index contributed by atoms with van der Waals surface area (Å²) in [5, 5.41) is 8.75. The van der Waals surface area contributed by atoms with Crippen LogP contribution >= 0.6 is 0 Å². The quantitative estimate of drug-likeness (QED) is 0.586. The molecule has 2 aromatic heterocycles. The summed E-state index contributed by atoms with van der Waals surface area (Å²) in [4.78, 5) is 16.7. The van der Waals surface area contributed by atoms with E-state index in [0.717, 1.165) is 41.7 Å². The largest absolute Gasteiger partial charge is 0.460 e. The molecule has 0 aliphatic carbocycles. The van der Waals surface area contributed by atoms with Crippen LogP contribution in [0.5, 0.6) is 0 Å². The molecule has 1 aliphatic rings. The van der Waals surface area contributed by atoms with Crippen LogP contribution in [-0.2, 0) is 6.54 Å². The summed E-state index contributed by atoms with van der Waals surface area (Å²) in [6.45, 7) is 3.65. The van der Waals surface area contributed by atoms with Gasteiger partial charge < -0.3 is 13.8 Å². The number of carbonyl (C=O) groups excluding carboxylic acids is 1. The smallest absolute Gasteiger partial charge is 0.323 e. The lowest BCUT2D eigenvalue weighted by Gasteiger charge is -2.34. The Labute approximate surface area is 161 Å². The van der Waals surface area contributed by atoms with Crippen LogP contribution in [0.4, 0.5) is 10.6 Å². The van der Waals surface area contributed by atoms with E-state index >= 15 is 0 Å². The molecule has 0 radical (unpaired) electrons. The zero-order valence-corrected chi connectivity index (χ0v) is 15.3. The molecule has 0 spiro atoms. The number of hydrogen-bond donors (Lipinski definition) is 1. The number of carbonyl (C=O) groups is 1. The van der Waals surface area contributed by atoms with Gasteiger partial charge >= 0.3 is 6.03 Å². The second-order valence-corrected chi connectivity index (χ2v) is 6.97. The average Bonchev–Trinajstić information content (AvgIpc) is 3.32. The monoisotopic (exact) mass is 376 g/mol. The van der Waals surface area contributed by atoms with E-state index in [9.17, 15) is 4.79 Å². The number of nitrogens with zero attached hydrogens (tertiary/aromatic N) is 3. The lowest BCUT2D eigenvalue weighted by atomic mass is 10.2. The Balaban J connectivity index is 1.19. The first-order valence-corrected chi connectivity index (χ1v) is 9.36. The number of rotatable bonds is 3. The van der Waals surface area contributed by atoms with E-state index in [1.807, 2.05) is 42.5 Å². The maximum atomic E-state index is 12.6. The van der Waals surface area contributed by atoms with Gasteiger partial charge in [0.1, 0.15) is 11.3 Å². The van der Waals surface area contributed by atoms with Gasteiger partial charge in [0.15, 0.2) is 11.4 Å². The van der Waals surface area contributed by atoms with Crippen molar-refractivity contribution in [3.05, 3.63) is 60.4 Å². The minimum absolute atomic E-state index is 0.151. The van der Waals surface area contributed by atoms with Crippen molar-refractivity contribution in [3.63, 3.8) is 0 Å². The third-order valence-corrected chi connectivity index (χ3v) is 5.12. The molecule has 2 amide bonds. The molecule has 4 aromatic rings. The Morgan fingerprint density at radius 1 is 1.00 bits per heavy atom. The Morgan fingerprint density at radius 3 is 2.57 bits per heavy atom. The Bertz CT molecular complexity index is 1090. The van der Waals surface area contributed by atoms with Crippen molar-refractivity contribution in [2.24, 2.45) is 0 Å². The molecule has 0 unspecified atom stereocenters. The Kier molecular flexibility index (Phi) is 4.21. The van der Waals surface area contributed by atoms with Crippen LogP contribution in [-0.4, -0.2) is 47.2 Å². The van der Waals surface area contributed by atoms with Crippen molar-refractivity contribution in [1.29, 1.82) is 0 Å². The number of urea groups is 1. The minimum Gasteiger partial charge on any atom is -0.460 e. The van der Waals surface area contributed by atoms with Gasteiger partial charge in [-0.15, -0.1) is 0 Å². The number of hydrogen-bond acceptors (Lipinski definition) is 5. The van der Waals surface area contributed by atoms with Crippen molar-refractivity contribution in [1.82, 2.24) is 15.0 Å². The highest BCUT2D eigenvalue weighted by molar-refractivity contribution is 5.98. The van der Waals surface area contributed by atoms with Crippen LogP contribution in [0.2, 0.25) is 0 Å². The maximum Gasteiger partial charge on any atom is 0.323 e. The lowest BCUT2D eigenvalue weighted by molar-refractivity contribution is 0.137. The van der Waals surface area contributed by atoms with Crippen molar-refractivity contribution >= 4 is 33.8 Å². The molecule has 2 aromatic carbocycles. The second-order valence-electron chi connectivity index (χ2n) is 6.97. The van der Waals surface area contributed by atoms with E-state index in [4.69, 9.17) is 8.94 Å². The van der Waals surface area contributed by atoms with Crippen molar-refractivity contribution in [2.45, 2.75) is 6.54 Å². The van der Waals surface area contributed by atoms with Crippen molar-refractivity contribution in [3.8, 4) is 0 Å². The zero-order chi connectivity index (χ0) is 18.9. The SMILES string of the molecule is O=C(Nc1noc2ccccc12)N1CCN(Cc2cc3ccccc3o2)CC1. The molecule has 142 valence electrons. The Morgan fingerprint density at radius 2 is 1.75 bits per heavy atom. The van der Waals surface area contributed by atoms with Gasteiger partial charge in [0, 0.05) is 31.6 Å².